The lowest BCUT2D eigenvalue weighted by Gasteiger charge is -2.21. The van der Waals surface area contributed by atoms with Gasteiger partial charge in [-0.15, -0.1) is 0 Å². The van der Waals surface area contributed by atoms with E-state index in [1.807, 2.05) is 0 Å². The minimum absolute atomic E-state index is 0.0699. The highest BCUT2D eigenvalue weighted by Gasteiger charge is 2.11. The second kappa shape index (κ2) is 8.44. The smallest absolute Gasteiger partial charge is 0.248 e. The number of aldehydes is 1. The van der Waals surface area contributed by atoms with Gasteiger partial charge in [0.1, 0.15) is 12.1 Å². The number of benzene rings is 1. The number of amides is 1. The molecule has 1 aromatic carbocycles. The summed E-state index contributed by atoms with van der Waals surface area (Å²) in [6.45, 7) is 0.630. The number of halogens is 1. The van der Waals surface area contributed by atoms with Crippen molar-refractivity contribution in [1.82, 2.24) is 5.32 Å². The molecule has 1 aliphatic rings. The molecule has 0 atom stereocenters. The number of rotatable bonds is 6. The van der Waals surface area contributed by atoms with Crippen LogP contribution >= 0.6 is 0 Å². The number of carbonyl (C=O) groups is 2. The summed E-state index contributed by atoms with van der Waals surface area (Å²) in [5.74, 6) is -1.00. The molecule has 4 nitrogen and oxygen atoms in total. The third-order valence-corrected chi connectivity index (χ3v) is 3.79. The summed E-state index contributed by atoms with van der Waals surface area (Å²) in [7, 11) is 0. The fourth-order valence-corrected chi connectivity index (χ4v) is 2.59. The quantitative estimate of drug-likeness (QED) is 0.627. The zero-order valence-electron chi connectivity index (χ0n) is 12.5. The Kier molecular flexibility index (Phi) is 6.27. The molecule has 1 amide bonds. The first kappa shape index (κ1) is 16.4. The summed E-state index contributed by atoms with van der Waals surface area (Å²) < 4.78 is 13.6. The molecule has 0 bridgehead atoms. The Bertz CT molecular complexity index is 552. The van der Waals surface area contributed by atoms with Crippen molar-refractivity contribution in [2.24, 2.45) is 0 Å². The fraction of sp³-hybridized carbons (Fsp3) is 0.412. The van der Waals surface area contributed by atoms with Gasteiger partial charge in [-0.3, -0.25) is 9.59 Å². The summed E-state index contributed by atoms with van der Waals surface area (Å²) in [6.07, 6.45) is 9.90. The van der Waals surface area contributed by atoms with Gasteiger partial charge in [-0.25, -0.2) is 4.39 Å². The molecule has 118 valence electrons. The van der Waals surface area contributed by atoms with Crippen LogP contribution in [0.15, 0.2) is 30.4 Å². The van der Waals surface area contributed by atoms with Crippen LogP contribution in [0.1, 0.15) is 42.5 Å². The van der Waals surface area contributed by atoms with Gasteiger partial charge in [-0.05, 0) is 31.0 Å². The van der Waals surface area contributed by atoms with Crippen molar-refractivity contribution in [1.29, 1.82) is 0 Å². The Hall–Kier alpha value is -2.01. The predicted octanol–water partition coefficient (Wildman–Crippen LogP) is 3.06. The van der Waals surface area contributed by atoms with Gasteiger partial charge in [0, 0.05) is 24.2 Å². The minimum atomic E-state index is -0.619. The topological polar surface area (TPSA) is 58.2 Å². The zero-order chi connectivity index (χ0) is 15.8. The standard InChI is InChI=1S/C17H21FN2O2/c18-15-11-13(12-21)8-9-16(15)20-17(22)7-4-10-19-14-5-2-1-3-6-14/h4,7-9,11-12,14,19H,1-3,5-6,10H2,(H,20,22)/b7-4+. The molecule has 22 heavy (non-hydrogen) atoms. The van der Waals surface area contributed by atoms with Gasteiger partial charge in [0.25, 0.3) is 0 Å². The largest absolute Gasteiger partial charge is 0.320 e. The molecule has 5 heteroatoms. The summed E-state index contributed by atoms with van der Waals surface area (Å²) >= 11 is 0. The van der Waals surface area contributed by atoms with Crippen LogP contribution in [0.5, 0.6) is 0 Å². The number of anilines is 1. The van der Waals surface area contributed by atoms with E-state index in [1.165, 1.54) is 50.3 Å². The van der Waals surface area contributed by atoms with E-state index >= 15 is 0 Å². The molecule has 1 aliphatic carbocycles. The zero-order valence-corrected chi connectivity index (χ0v) is 12.5. The first-order valence-corrected chi connectivity index (χ1v) is 7.64. The molecule has 1 fully saturated rings. The molecule has 1 saturated carbocycles. The average Bonchev–Trinajstić information content (AvgIpc) is 2.54. The third-order valence-electron chi connectivity index (χ3n) is 3.79. The molecular weight excluding hydrogens is 283 g/mol. The Labute approximate surface area is 129 Å². The Balaban J connectivity index is 1.77. The summed E-state index contributed by atoms with van der Waals surface area (Å²) in [5, 5.41) is 5.84. The highest BCUT2D eigenvalue weighted by atomic mass is 19.1. The van der Waals surface area contributed by atoms with Gasteiger partial charge in [-0.2, -0.15) is 0 Å². The van der Waals surface area contributed by atoms with Gasteiger partial charge >= 0.3 is 0 Å². The van der Waals surface area contributed by atoms with E-state index in [1.54, 1.807) is 6.08 Å². The van der Waals surface area contributed by atoms with E-state index in [2.05, 4.69) is 10.6 Å². The van der Waals surface area contributed by atoms with Gasteiger partial charge < -0.3 is 10.6 Å². The monoisotopic (exact) mass is 304 g/mol. The summed E-state index contributed by atoms with van der Waals surface area (Å²) in [6, 6.07) is 4.47. The fourth-order valence-electron chi connectivity index (χ4n) is 2.59. The SMILES string of the molecule is O=Cc1ccc(NC(=O)/C=C/CNC2CCCCC2)c(F)c1. The van der Waals surface area contributed by atoms with Crippen LogP contribution in [0, 0.1) is 5.82 Å². The van der Waals surface area contributed by atoms with Crippen molar-refractivity contribution in [2.45, 2.75) is 38.1 Å². The molecule has 0 saturated heterocycles. The van der Waals surface area contributed by atoms with Gasteiger partial charge in [0.05, 0.1) is 5.69 Å². The maximum Gasteiger partial charge on any atom is 0.248 e. The van der Waals surface area contributed by atoms with Gasteiger partial charge in [-0.1, -0.05) is 25.3 Å². The van der Waals surface area contributed by atoms with E-state index < -0.39 is 5.82 Å². The molecule has 0 spiro atoms. The highest BCUT2D eigenvalue weighted by molar-refractivity contribution is 5.99. The Morgan fingerprint density at radius 1 is 1.27 bits per heavy atom. The van der Waals surface area contributed by atoms with Gasteiger partial charge in [0.15, 0.2) is 0 Å². The number of hydrogen-bond acceptors (Lipinski definition) is 3. The minimum Gasteiger partial charge on any atom is -0.320 e. The van der Waals surface area contributed by atoms with Crippen LogP contribution in [0.3, 0.4) is 0 Å². The Morgan fingerprint density at radius 3 is 2.73 bits per heavy atom. The molecule has 0 heterocycles. The van der Waals surface area contributed by atoms with Crippen LogP contribution in [0.4, 0.5) is 10.1 Å². The highest BCUT2D eigenvalue weighted by Crippen LogP contribution is 2.17. The molecule has 2 N–H and O–H groups in total. The van der Waals surface area contributed by atoms with Crippen molar-refractivity contribution >= 4 is 17.9 Å². The molecule has 0 radical (unpaired) electrons. The normalized spacial score (nSPS) is 15.9. The first-order chi connectivity index (χ1) is 10.7. The van der Waals surface area contributed by atoms with Crippen molar-refractivity contribution in [3.63, 3.8) is 0 Å². The second-order valence-corrected chi connectivity index (χ2v) is 5.49. The number of nitrogens with one attached hydrogen (secondary N) is 2. The third kappa shape index (κ3) is 5.07. The van der Waals surface area contributed by atoms with Crippen LogP contribution in [-0.2, 0) is 4.79 Å². The average molecular weight is 304 g/mol. The Morgan fingerprint density at radius 2 is 2.05 bits per heavy atom. The van der Waals surface area contributed by atoms with E-state index in [4.69, 9.17) is 0 Å². The van der Waals surface area contributed by atoms with Crippen molar-refractivity contribution in [2.75, 3.05) is 11.9 Å². The lowest BCUT2D eigenvalue weighted by molar-refractivity contribution is -0.111. The second-order valence-electron chi connectivity index (χ2n) is 5.49. The first-order valence-electron chi connectivity index (χ1n) is 7.64. The van der Waals surface area contributed by atoms with Crippen LogP contribution < -0.4 is 10.6 Å². The van der Waals surface area contributed by atoms with E-state index in [0.717, 1.165) is 6.07 Å². The molecule has 0 aromatic heterocycles. The number of carbonyl (C=O) groups excluding carboxylic acids is 2. The number of hydrogen-bond donors (Lipinski definition) is 2. The van der Waals surface area contributed by atoms with Crippen molar-refractivity contribution in [3.05, 3.63) is 41.7 Å². The summed E-state index contributed by atoms with van der Waals surface area (Å²) in [4.78, 5) is 22.2. The van der Waals surface area contributed by atoms with Crippen molar-refractivity contribution in [3.8, 4) is 0 Å². The lowest BCUT2D eigenvalue weighted by atomic mass is 9.95. The molecule has 0 aliphatic heterocycles. The van der Waals surface area contributed by atoms with Crippen LogP contribution in [-0.4, -0.2) is 24.8 Å². The molecule has 0 unspecified atom stereocenters. The van der Waals surface area contributed by atoms with E-state index in [-0.39, 0.29) is 17.2 Å². The van der Waals surface area contributed by atoms with E-state index in [9.17, 15) is 14.0 Å². The molecule has 1 aromatic rings. The van der Waals surface area contributed by atoms with Crippen molar-refractivity contribution < 1.29 is 14.0 Å². The molecule has 2 rings (SSSR count). The maximum atomic E-state index is 13.6. The maximum absolute atomic E-state index is 13.6. The van der Waals surface area contributed by atoms with Crippen LogP contribution in [0.25, 0.3) is 0 Å². The lowest BCUT2D eigenvalue weighted by Crippen LogP contribution is -2.31. The predicted molar refractivity (Wildman–Crippen MR) is 84.4 cm³/mol. The van der Waals surface area contributed by atoms with Gasteiger partial charge in [0.2, 0.25) is 5.91 Å². The van der Waals surface area contributed by atoms with Crippen LogP contribution in [0.2, 0.25) is 0 Å². The van der Waals surface area contributed by atoms with E-state index in [0.29, 0.717) is 18.9 Å². The summed E-state index contributed by atoms with van der Waals surface area (Å²) in [5.41, 5.74) is 0.309. The molecular formula is C17H21FN2O2.